The van der Waals surface area contributed by atoms with E-state index in [1.165, 1.54) is 55.5 Å². The Morgan fingerprint density at radius 3 is 2.11 bits per heavy atom. The summed E-state index contributed by atoms with van der Waals surface area (Å²) in [6.45, 7) is 0.0702. The molecule has 0 aliphatic rings. The molecule has 0 fully saturated rings. The highest BCUT2D eigenvalue weighted by Gasteiger charge is 2.18. The number of carbonyl (C=O) groups is 1. The fourth-order valence-electron chi connectivity index (χ4n) is 3.65. The number of carbonyl (C=O) groups excluding carboxylic acids is 1. The summed E-state index contributed by atoms with van der Waals surface area (Å²) in [4.78, 5) is 30.2. The zero-order chi connectivity index (χ0) is 24.9. The number of urea groups is 1. The van der Waals surface area contributed by atoms with Crippen molar-refractivity contribution in [2.24, 2.45) is 0 Å². The predicted molar refractivity (Wildman–Crippen MR) is 129 cm³/mol. The van der Waals surface area contributed by atoms with E-state index in [9.17, 15) is 18.4 Å². The highest BCUT2D eigenvalue weighted by atomic mass is 19.1. The lowest BCUT2D eigenvalue weighted by Crippen LogP contribution is -2.35. The largest absolute Gasteiger partial charge is 0.493 e. The van der Waals surface area contributed by atoms with Gasteiger partial charge in [0.15, 0.2) is 11.5 Å². The van der Waals surface area contributed by atoms with Gasteiger partial charge in [-0.3, -0.25) is 4.79 Å². The van der Waals surface area contributed by atoms with E-state index in [0.717, 1.165) is 0 Å². The Balaban J connectivity index is 1.67. The lowest BCUT2D eigenvalue weighted by molar-refractivity contribution is 0.206. The van der Waals surface area contributed by atoms with Gasteiger partial charge in [0.1, 0.15) is 11.6 Å². The van der Waals surface area contributed by atoms with E-state index in [-0.39, 0.29) is 18.6 Å². The van der Waals surface area contributed by atoms with Gasteiger partial charge in [-0.1, -0.05) is 12.1 Å². The van der Waals surface area contributed by atoms with Crippen LogP contribution in [0.15, 0.2) is 71.5 Å². The first kappa shape index (κ1) is 23.7. The Labute approximate surface area is 199 Å². The monoisotopic (exact) mass is 479 g/mol. The van der Waals surface area contributed by atoms with E-state index in [1.54, 1.807) is 30.3 Å². The van der Waals surface area contributed by atoms with Gasteiger partial charge < -0.3 is 24.7 Å². The average Bonchev–Trinajstić information content (AvgIpc) is 2.85. The maximum absolute atomic E-state index is 13.4. The highest BCUT2D eigenvalue weighted by Crippen LogP contribution is 2.31. The molecule has 3 aromatic carbocycles. The molecule has 0 saturated heterocycles. The number of ether oxygens (including phenoxy) is 2. The summed E-state index contributed by atoms with van der Waals surface area (Å²) in [5.41, 5.74) is 1.58. The van der Waals surface area contributed by atoms with E-state index in [4.69, 9.17) is 9.47 Å². The predicted octanol–water partition coefficient (Wildman–Crippen LogP) is 5.06. The fraction of sp³-hybridized carbons (Fsp3) is 0.154. The zero-order valence-electron chi connectivity index (χ0n) is 19.1. The summed E-state index contributed by atoms with van der Waals surface area (Å²) in [5.74, 6) is 0.141. The number of amides is 2. The number of aromatic nitrogens is 1. The average molecular weight is 479 g/mol. The molecule has 2 N–H and O–H groups in total. The van der Waals surface area contributed by atoms with Gasteiger partial charge in [0, 0.05) is 29.2 Å². The van der Waals surface area contributed by atoms with Crippen LogP contribution in [-0.2, 0) is 13.1 Å². The van der Waals surface area contributed by atoms with Crippen LogP contribution in [0.2, 0.25) is 0 Å². The molecular formula is C26H23F2N3O4. The van der Waals surface area contributed by atoms with Crippen molar-refractivity contribution < 1.29 is 23.0 Å². The van der Waals surface area contributed by atoms with Crippen molar-refractivity contribution in [1.82, 2.24) is 9.88 Å². The zero-order valence-corrected chi connectivity index (χ0v) is 19.1. The molecule has 1 heterocycles. The number of aromatic amines is 1. The molecule has 1 aromatic heterocycles. The summed E-state index contributed by atoms with van der Waals surface area (Å²) in [5, 5.41) is 3.40. The minimum Gasteiger partial charge on any atom is -0.493 e. The molecule has 0 unspecified atom stereocenters. The van der Waals surface area contributed by atoms with E-state index in [0.29, 0.717) is 39.2 Å². The van der Waals surface area contributed by atoms with Crippen LogP contribution in [0.5, 0.6) is 11.5 Å². The number of hydrogen-bond donors (Lipinski definition) is 2. The summed E-state index contributed by atoms with van der Waals surface area (Å²) in [7, 11) is 3.02. The van der Waals surface area contributed by atoms with Gasteiger partial charge >= 0.3 is 6.03 Å². The molecule has 7 nitrogen and oxygen atoms in total. The second-order valence-electron chi connectivity index (χ2n) is 7.84. The Morgan fingerprint density at radius 2 is 1.49 bits per heavy atom. The molecule has 180 valence electrons. The Bertz CT molecular complexity index is 1400. The number of rotatable bonds is 7. The number of nitrogens with zero attached hydrogens (tertiary/aromatic N) is 1. The van der Waals surface area contributed by atoms with Gasteiger partial charge in [-0.05, 0) is 54.1 Å². The minimum absolute atomic E-state index is 0.0377. The first-order valence-electron chi connectivity index (χ1n) is 10.7. The normalized spacial score (nSPS) is 10.7. The molecule has 35 heavy (non-hydrogen) atoms. The van der Waals surface area contributed by atoms with Crippen molar-refractivity contribution in [3.8, 4) is 11.5 Å². The summed E-state index contributed by atoms with van der Waals surface area (Å²) in [6, 6.07) is 15.6. The van der Waals surface area contributed by atoms with Crippen molar-refractivity contribution >= 4 is 22.6 Å². The number of methoxy groups -OCH3 is 2. The molecule has 9 heteroatoms. The van der Waals surface area contributed by atoms with Crippen LogP contribution in [0.4, 0.5) is 19.3 Å². The highest BCUT2D eigenvalue weighted by molar-refractivity contribution is 5.89. The van der Waals surface area contributed by atoms with Gasteiger partial charge in [0.25, 0.3) is 5.56 Å². The van der Waals surface area contributed by atoms with Gasteiger partial charge in [-0.15, -0.1) is 0 Å². The van der Waals surface area contributed by atoms with Crippen LogP contribution < -0.4 is 20.3 Å². The lowest BCUT2D eigenvalue weighted by Gasteiger charge is -2.23. The molecule has 0 bridgehead atoms. The first-order chi connectivity index (χ1) is 16.9. The minimum atomic E-state index is -0.507. The molecule has 0 spiro atoms. The lowest BCUT2D eigenvalue weighted by atomic mass is 10.1. The topological polar surface area (TPSA) is 83.7 Å². The van der Waals surface area contributed by atoms with Gasteiger partial charge in [-0.2, -0.15) is 0 Å². The fourth-order valence-corrected chi connectivity index (χ4v) is 3.65. The van der Waals surface area contributed by atoms with E-state index < -0.39 is 17.7 Å². The third kappa shape index (κ3) is 5.57. The van der Waals surface area contributed by atoms with E-state index in [2.05, 4.69) is 10.3 Å². The molecule has 2 amide bonds. The number of nitrogens with one attached hydrogen (secondary N) is 2. The molecule has 0 aliphatic heterocycles. The van der Waals surface area contributed by atoms with Crippen molar-refractivity contribution in [1.29, 1.82) is 0 Å². The maximum Gasteiger partial charge on any atom is 0.322 e. The number of anilines is 1. The van der Waals surface area contributed by atoms with Crippen molar-refractivity contribution in [3.63, 3.8) is 0 Å². The number of halogens is 2. The van der Waals surface area contributed by atoms with Gasteiger partial charge in [0.05, 0.1) is 26.3 Å². The van der Waals surface area contributed by atoms with Crippen molar-refractivity contribution in [3.05, 3.63) is 99.8 Å². The standard InChI is InChI=1S/C26H23F2N3O4/c1-34-23-12-17-11-18(25(32)30-22(17)13-24(23)35-2)15-31(14-16-3-5-19(27)6-4-16)26(33)29-21-9-7-20(28)8-10-21/h3-13H,14-15H2,1-2H3,(H,29,33)(H,30,32). The van der Waals surface area contributed by atoms with Crippen LogP contribution in [0.25, 0.3) is 10.9 Å². The number of hydrogen-bond acceptors (Lipinski definition) is 4. The molecule has 0 saturated carbocycles. The van der Waals surface area contributed by atoms with Crippen molar-refractivity contribution in [2.45, 2.75) is 13.1 Å². The van der Waals surface area contributed by atoms with E-state index in [1.807, 2.05) is 0 Å². The van der Waals surface area contributed by atoms with Crippen LogP contribution in [-0.4, -0.2) is 30.1 Å². The Hall–Kier alpha value is -4.40. The molecule has 0 radical (unpaired) electrons. The number of benzene rings is 3. The quantitative estimate of drug-likeness (QED) is 0.388. The number of fused-ring (bicyclic) bond motifs is 1. The second-order valence-corrected chi connectivity index (χ2v) is 7.84. The molecule has 0 atom stereocenters. The van der Waals surface area contributed by atoms with Crippen LogP contribution in [0.3, 0.4) is 0 Å². The number of H-pyrrole nitrogens is 1. The van der Waals surface area contributed by atoms with Gasteiger partial charge in [-0.25, -0.2) is 13.6 Å². The molecule has 4 aromatic rings. The smallest absolute Gasteiger partial charge is 0.322 e. The van der Waals surface area contributed by atoms with Crippen LogP contribution >= 0.6 is 0 Å². The third-order valence-corrected chi connectivity index (χ3v) is 5.46. The molecule has 4 rings (SSSR count). The summed E-state index contributed by atoms with van der Waals surface area (Å²) in [6.07, 6.45) is 0. The number of pyridine rings is 1. The van der Waals surface area contributed by atoms with Crippen LogP contribution in [0.1, 0.15) is 11.1 Å². The summed E-state index contributed by atoms with van der Waals surface area (Å²) >= 11 is 0. The Morgan fingerprint density at radius 1 is 0.886 bits per heavy atom. The maximum atomic E-state index is 13.4. The van der Waals surface area contributed by atoms with E-state index >= 15 is 0 Å². The third-order valence-electron chi connectivity index (χ3n) is 5.46. The second kappa shape index (κ2) is 10.3. The molecule has 0 aliphatic carbocycles. The molecular weight excluding hydrogens is 456 g/mol. The SMILES string of the molecule is COc1cc2cc(CN(Cc3ccc(F)cc3)C(=O)Nc3ccc(F)cc3)c(=O)[nH]c2cc1OC. The Kier molecular flexibility index (Phi) is 6.96. The first-order valence-corrected chi connectivity index (χ1v) is 10.7. The van der Waals surface area contributed by atoms with Crippen molar-refractivity contribution in [2.75, 3.05) is 19.5 Å². The van der Waals surface area contributed by atoms with Gasteiger partial charge in [0.2, 0.25) is 0 Å². The summed E-state index contributed by atoms with van der Waals surface area (Å²) < 4.78 is 37.3. The van der Waals surface area contributed by atoms with Crippen LogP contribution in [0, 0.1) is 11.6 Å².